The van der Waals surface area contributed by atoms with E-state index in [4.69, 9.17) is 4.74 Å². The van der Waals surface area contributed by atoms with Crippen LogP contribution in [0.1, 0.15) is 175 Å². The van der Waals surface area contributed by atoms with E-state index < -0.39 is 18.2 Å². The van der Waals surface area contributed by atoms with E-state index in [1.807, 2.05) is 54.7 Å². The van der Waals surface area contributed by atoms with Crippen molar-refractivity contribution in [3.63, 3.8) is 0 Å². The first-order valence-corrected chi connectivity index (χ1v) is 23.3. The molecule has 0 bridgehead atoms. The first-order valence-electron chi connectivity index (χ1n) is 23.3. The number of hydrogen-bond acceptors (Lipinski definition) is 5. The Morgan fingerprint density at radius 1 is 0.542 bits per heavy atom. The highest BCUT2D eigenvalue weighted by Crippen LogP contribution is 2.14. The van der Waals surface area contributed by atoms with Crippen LogP contribution in [0.15, 0.2) is 122 Å². The number of aliphatic hydroxyl groups is 2. The Kier molecular flexibility index (Phi) is 42.5. The number of ether oxygens (including phenoxy) is 1. The van der Waals surface area contributed by atoms with Crippen LogP contribution in [0.2, 0.25) is 0 Å². The fourth-order valence-corrected chi connectivity index (χ4v) is 6.18. The van der Waals surface area contributed by atoms with Gasteiger partial charge in [0.15, 0.2) is 0 Å². The van der Waals surface area contributed by atoms with Gasteiger partial charge in [-0.3, -0.25) is 9.59 Å². The quantitative estimate of drug-likeness (QED) is 0.0249. The standard InChI is InChI=1S/C53H85NO5/c1-4-7-10-13-16-19-22-24-26-28-31-34-37-40-43-46-53(58)59-49(44-41-38-35-32-30-27-25-23-20-17-14-11-8-5-2)47-52(57)54-50(48-55)51(56)45-42-39-36-33-29-21-18-15-12-9-6-3/h7-8,10-11,13,16-17,19-20,22,24-28,31-32,35,41,44,49-51,55-56H,4-6,9,12,14-15,18,21,23,29-30,33-34,36-40,42-43,45-48H2,1-3H3,(H,54,57)/b10-7+,11-8+,16-13+,20-17+,22-19-,26-24-,27-25+,31-28+,35-32+,44-41+. The summed E-state index contributed by atoms with van der Waals surface area (Å²) in [6.07, 6.45) is 62.8. The molecular weight excluding hydrogens is 731 g/mol. The molecule has 3 unspecified atom stereocenters. The summed E-state index contributed by atoms with van der Waals surface area (Å²) in [4.78, 5) is 26.0. The van der Waals surface area contributed by atoms with Crippen molar-refractivity contribution in [1.29, 1.82) is 0 Å². The highest BCUT2D eigenvalue weighted by Gasteiger charge is 2.23. The molecule has 0 aromatic rings. The molecule has 0 aliphatic carbocycles. The molecule has 59 heavy (non-hydrogen) atoms. The lowest BCUT2D eigenvalue weighted by molar-refractivity contribution is -0.148. The number of rotatable bonds is 39. The number of carbonyl (C=O) groups is 2. The summed E-state index contributed by atoms with van der Waals surface area (Å²) in [6, 6.07) is -0.758. The summed E-state index contributed by atoms with van der Waals surface area (Å²) in [5.74, 6) is -0.694. The molecule has 0 aromatic heterocycles. The van der Waals surface area contributed by atoms with Gasteiger partial charge in [0.05, 0.1) is 25.2 Å². The maximum atomic E-state index is 13.1. The van der Waals surface area contributed by atoms with E-state index in [2.05, 4.69) is 86.8 Å². The molecule has 3 atom stereocenters. The van der Waals surface area contributed by atoms with Crippen LogP contribution < -0.4 is 5.32 Å². The predicted octanol–water partition coefficient (Wildman–Crippen LogP) is 13.7. The number of hydrogen-bond donors (Lipinski definition) is 3. The van der Waals surface area contributed by atoms with Crippen LogP contribution in [0.4, 0.5) is 0 Å². The van der Waals surface area contributed by atoms with Crippen molar-refractivity contribution in [3.05, 3.63) is 122 Å². The predicted molar refractivity (Wildman–Crippen MR) is 254 cm³/mol. The minimum absolute atomic E-state index is 0.0716. The van der Waals surface area contributed by atoms with Crippen LogP contribution in [0.25, 0.3) is 0 Å². The van der Waals surface area contributed by atoms with Gasteiger partial charge in [0, 0.05) is 6.42 Å². The molecule has 0 aromatic carbocycles. The molecular formula is C53H85NO5. The number of allylic oxidation sites excluding steroid dienone is 19. The van der Waals surface area contributed by atoms with Crippen molar-refractivity contribution in [3.8, 4) is 0 Å². The molecule has 0 radical (unpaired) electrons. The molecule has 0 heterocycles. The summed E-state index contributed by atoms with van der Waals surface area (Å²) < 4.78 is 5.78. The second-order valence-corrected chi connectivity index (χ2v) is 15.2. The van der Waals surface area contributed by atoms with Crippen molar-refractivity contribution in [1.82, 2.24) is 5.32 Å². The van der Waals surface area contributed by atoms with Crippen molar-refractivity contribution in [2.75, 3.05) is 6.61 Å². The maximum absolute atomic E-state index is 13.1. The summed E-state index contributed by atoms with van der Waals surface area (Å²) in [6.45, 7) is 6.14. The number of aliphatic hydroxyl groups excluding tert-OH is 2. The van der Waals surface area contributed by atoms with Gasteiger partial charge in [-0.05, 0) is 70.3 Å². The van der Waals surface area contributed by atoms with Crippen LogP contribution >= 0.6 is 0 Å². The summed E-state index contributed by atoms with van der Waals surface area (Å²) in [7, 11) is 0. The van der Waals surface area contributed by atoms with E-state index in [0.717, 1.165) is 70.6 Å². The largest absolute Gasteiger partial charge is 0.458 e. The van der Waals surface area contributed by atoms with Gasteiger partial charge in [0.1, 0.15) is 6.10 Å². The molecule has 3 N–H and O–H groups in total. The fraction of sp³-hybridized carbons (Fsp3) is 0.585. The van der Waals surface area contributed by atoms with Gasteiger partial charge >= 0.3 is 5.97 Å². The molecule has 0 rings (SSSR count). The molecule has 332 valence electrons. The lowest BCUT2D eigenvalue weighted by Crippen LogP contribution is -2.46. The Balaban J connectivity index is 4.89. The van der Waals surface area contributed by atoms with Gasteiger partial charge in [-0.25, -0.2) is 0 Å². The zero-order valence-electron chi connectivity index (χ0n) is 37.6. The van der Waals surface area contributed by atoms with E-state index >= 15 is 0 Å². The Hall–Kier alpha value is -3.74. The van der Waals surface area contributed by atoms with E-state index in [0.29, 0.717) is 19.3 Å². The van der Waals surface area contributed by atoms with Gasteiger partial charge < -0.3 is 20.3 Å². The fourth-order valence-electron chi connectivity index (χ4n) is 6.18. The normalized spacial score (nSPS) is 14.5. The van der Waals surface area contributed by atoms with Crippen molar-refractivity contribution in [2.24, 2.45) is 0 Å². The Morgan fingerprint density at radius 3 is 1.56 bits per heavy atom. The lowest BCUT2D eigenvalue weighted by atomic mass is 10.0. The van der Waals surface area contributed by atoms with Crippen LogP contribution in [-0.4, -0.2) is 46.9 Å². The van der Waals surface area contributed by atoms with Crippen LogP contribution in [0, 0.1) is 0 Å². The molecule has 0 aliphatic heterocycles. The van der Waals surface area contributed by atoms with E-state index in [9.17, 15) is 19.8 Å². The molecule has 0 saturated carbocycles. The van der Waals surface area contributed by atoms with Crippen LogP contribution in [0.5, 0.6) is 0 Å². The Labute approximate surface area is 361 Å². The zero-order chi connectivity index (χ0) is 43.1. The second kappa shape index (κ2) is 45.3. The minimum atomic E-state index is -0.833. The highest BCUT2D eigenvalue weighted by molar-refractivity contribution is 5.78. The van der Waals surface area contributed by atoms with Crippen molar-refractivity contribution in [2.45, 2.75) is 193 Å². The number of nitrogens with one attached hydrogen (secondary N) is 1. The van der Waals surface area contributed by atoms with E-state index in [-0.39, 0.29) is 31.3 Å². The third-order valence-corrected chi connectivity index (χ3v) is 9.66. The molecule has 1 amide bonds. The molecule has 0 aliphatic rings. The minimum Gasteiger partial charge on any atom is -0.458 e. The molecule has 0 spiro atoms. The van der Waals surface area contributed by atoms with E-state index in [1.165, 1.54) is 51.4 Å². The van der Waals surface area contributed by atoms with Crippen LogP contribution in [0.3, 0.4) is 0 Å². The van der Waals surface area contributed by atoms with Crippen LogP contribution in [-0.2, 0) is 14.3 Å². The third-order valence-electron chi connectivity index (χ3n) is 9.66. The maximum Gasteiger partial charge on any atom is 0.306 e. The molecule has 6 nitrogen and oxygen atoms in total. The smallest absolute Gasteiger partial charge is 0.306 e. The Morgan fingerprint density at radius 2 is 1.02 bits per heavy atom. The first-order chi connectivity index (χ1) is 29.0. The molecule has 0 fully saturated rings. The average molecular weight is 816 g/mol. The van der Waals surface area contributed by atoms with E-state index in [1.54, 1.807) is 6.08 Å². The summed E-state index contributed by atoms with van der Waals surface area (Å²) in [5.41, 5.74) is 0. The summed E-state index contributed by atoms with van der Waals surface area (Å²) >= 11 is 0. The number of esters is 1. The average Bonchev–Trinajstić information content (AvgIpc) is 3.23. The highest BCUT2D eigenvalue weighted by atomic mass is 16.5. The SMILES string of the molecule is CC/C=C/C=C/C=C\C=C/C=C/CCCCCC(=O)OC(/C=C/C/C=C/C/C=C/C/C=C/C/C=C/CC)CC(=O)NC(CO)C(O)CCCCCCCCCCCCC. The molecule has 6 heteroatoms. The first kappa shape index (κ1) is 55.3. The molecule has 0 saturated heterocycles. The topological polar surface area (TPSA) is 95.9 Å². The Bertz CT molecular complexity index is 1280. The van der Waals surface area contributed by atoms with Gasteiger partial charge in [-0.1, -0.05) is 213 Å². The van der Waals surface area contributed by atoms with Gasteiger partial charge in [-0.15, -0.1) is 0 Å². The lowest BCUT2D eigenvalue weighted by Gasteiger charge is -2.23. The van der Waals surface area contributed by atoms with Gasteiger partial charge in [-0.2, -0.15) is 0 Å². The second-order valence-electron chi connectivity index (χ2n) is 15.2. The number of unbranched alkanes of at least 4 members (excludes halogenated alkanes) is 13. The van der Waals surface area contributed by atoms with Gasteiger partial charge in [0.25, 0.3) is 0 Å². The van der Waals surface area contributed by atoms with Crippen molar-refractivity contribution >= 4 is 11.9 Å². The zero-order valence-corrected chi connectivity index (χ0v) is 37.6. The van der Waals surface area contributed by atoms with Crippen molar-refractivity contribution < 1.29 is 24.5 Å². The summed E-state index contributed by atoms with van der Waals surface area (Å²) in [5, 5.41) is 23.6. The number of carbonyl (C=O) groups excluding carboxylic acids is 2. The third kappa shape index (κ3) is 40.8. The monoisotopic (exact) mass is 816 g/mol. The van der Waals surface area contributed by atoms with Gasteiger partial charge in [0.2, 0.25) is 5.91 Å². The number of amides is 1.